The van der Waals surface area contributed by atoms with E-state index < -0.39 is 0 Å². The van der Waals surface area contributed by atoms with Crippen molar-refractivity contribution in [2.75, 3.05) is 0 Å². The molecule has 0 spiro atoms. The second-order valence-corrected chi connectivity index (χ2v) is 9.11. The van der Waals surface area contributed by atoms with Gasteiger partial charge < -0.3 is 0 Å². The third kappa shape index (κ3) is 8.58. The molecule has 0 heteroatoms. The van der Waals surface area contributed by atoms with E-state index in [1.54, 1.807) is 0 Å². The van der Waals surface area contributed by atoms with Crippen LogP contribution in [-0.4, -0.2) is 0 Å². The fourth-order valence-corrected chi connectivity index (χ4v) is 4.36. The SMILES string of the molecule is C=C(CC(C)(C)CC(C)(C)C/C=C\C/C=C\CC)C1CCCC1. The molecule has 0 amide bonds. The number of rotatable bonds is 10. The third-order valence-corrected chi connectivity index (χ3v) is 5.11. The van der Waals surface area contributed by atoms with Crippen molar-refractivity contribution >= 4 is 0 Å². The summed E-state index contributed by atoms with van der Waals surface area (Å²) in [5.74, 6) is 0.808. The lowest BCUT2D eigenvalue weighted by molar-refractivity contribution is 0.191. The van der Waals surface area contributed by atoms with Gasteiger partial charge in [0.15, 0.2) is 0 Å². The Bertz CT molecular complexity index is 400. The minimum absolute atomic E-state index is 0.360. The standard InChI is InChI=1S/C23H40/c1-7-8-9-10-11-14-17-22(3,4)19-23(5,6)18-20(2)21-15-12-13-16-21/h8-9,11,14,21H,2,7,10,12-13,15-19H2,1,3-6H3/b9-8-,14-11-. The lowest BCUT2D eigenvalue weighted by Gasteiger charge is -2.36. The summed E-state index contributed by atoms with van der Waals surface area (Å²) in [6.45, 7) is 16.3. The Morgan fingerprint density at radius 3 is 2.17 bits per heavy atom. The van der Waals surface area contributed by atoms with Crippen LogP contribution >= 0.6 is 0 Å². The molecule has 23 heavy (non-hydrogen) atoms. The Balaban J connectivity index is 2.43. The van der Waals surface area contributed by atoms with Crippen molar-refractivity contribution in [2.45, 2.75) is 92.4 Å². The van der Waals surface area contributed by atoms with E-state index in [0.29, 0.717) is 10.8 Å². The topological polar surface area (TPSA) is 0 Å². The molecule has 132 valence electrons. The van der Waals surface area contributed by atoms with Crippen molar-refractivity contribution in [1.29, 1.82) is 0 Å². The van der Waals surface area contributed by atoms with E-state index in [-0.39, 0.29) is 0 Å². The largest absolute Gasteiger partial charge is 0.0996 e. The van der Waals surface area contributed by atoms with Crippen LogP contribution in [0.25, 0.3) is 0 Å². The summed E-state index contributed by atoms with van der Waals surface area (Å²) in [5, 5.41) is 0. The van der Waals surface area contributed by atoms with Crippen molar-refractivity contribution in [1.82, 2.24) is 0 Å². The summed E-state index contributed by atoms with van der Waals surface area (Å²) < 4.78 is 0. The Morgan fingerprint density at radius 2 is 1.57 bits per heavy atom. The molecule has 0 heterocycles. The van der Waals surface area contributed by atoms with E-state index in [9.17, 15) is 0 Å². The zero-order valence-corrected chi connectivity index (χ0v) is 16.5. The average Bonchev–Trinajstić information content (AvgIpc) is 2.95. The van der Waals surface area contributed by atoms with Crippen LogP contribution in [0.1, 0.15) is 92.4 Å². The maximum Gasteiger partial charge on any atom is -0.0169 e. The van der Waals surface area contributed by atoms with Gasteiger partial charge in [-0.15, -0.1) is 0 Å². The van der Waals surface area contributed by atoms with E-state index in [2.05, 4.69) is 65.5 Å². The highest BCUT2D eigenvalue weighted by Gasteiger charge is 2.30. The van der Waals surface area contributed by atoms with E-state index in [4.69, 9.17) is 0 Å². The molecule has 0 atom stereocenters. The van der Waals surface area contributed by atoms with Crippen LogP contribution < -0.4 is 0 Å². The highest BCUT2D eigenvalue weighted by atomic mass is 14.4. The maximum absolute atomic E-state index is 4.43. The minimum atomic E-state index is 0.360. The van der Waals surface area contributed by atoms with Crippen LogP contribution in [0.2, 0.25) is 0 Å². The first-order valence-corrected chi connectivity index (χ1v) is 9.73. The predicted molar refractivity (Wildman–Crippen MR) is 106 cm³/mol. The van der Waals surface area contributed by atoms with Gasteiger partial charge in [0, 0.05) is 0 Å². The Hall–Kier alpha value is -0.780. The zero-order chi connectivity index (χ0) is 17.3. The first-order chi connectivity index (χ1) is 10.8. The van der Waals surface area contributed by atoms with Crippen molar-refractivity contribution in [3.05, 3.63) is 36.5 Å². The molecular weight excluding hydrogens is 276 g/mol. The minimum Gasteiger partial charge on any atom is -0.0996 e. The fourth-order valence-electron chi connectivity index (χ4n) is 4.36. The number of hydrogen-bond acceptors (Lipinski definition) is 0. The zero-order valence-electron chi connectivity index (χ0n) is 16.5. The van der Waals surface area contributed by atoms with Gasteiger partial charge in [0.2, 0.25) is 0 Å². The van der Waals surface area contributed by atoms with Gasteiger partial charge in [-0.3, -0.25) is 0 Å². The van der Waals surface area contributed by atoms with Gasteiger partial charge in [0.25, 0.3) is 0 Å². The van der Waals surface area contributed by atoms with Gasteiger partial charge in [-0.25, -0.2) is 0 Å². The second kappa shape index (κ2) is 9.50. The van der Waals surface area contributed by atoms with E-state index in [1.165, 1.54) is 50.5 Å². The molecule has 0 aromatic rings. The molecule has 1 aliphatic carbocycles. The highest BCUT2D eigenvalue weighted by Crippen LogP contribution is 2.43. The average molecular weight is 317 g/mol. The van der Waals surface area contributed by atoms with Gasteiger partial charge in [-0.2, -0.15) is 0 Å². The van der Waals surface area contributed by atoms with E-state index in [0.717, 1.165) is 18.8 Å². The fraction of sp³-hybridized carbons (Fsp3) is 0.739. The molecular formula is C23H40. The molecule has 0 aromatic carbocycles. The van der Waals surface area contributed by atoms with Gasteiger partial charge in [-0.05, 0) is 61.7 Å². The van der Waals surface area contributed by atoms with Gasteiger partial charge in [0.1, 0.15) is 0 Å². The smallest absolute Gasteiger partial charge is 0.0169 e. The summed E-state index contributed by atoms with van der Waals surface area (Å²) in [6, 6.07) is 0. The molecule has 0 unspecified atom stereocenters. The normalized spacial score (nSPS) is 17.6. The summed E-state index contributed by atoms with van der Waals surface area (Å²) in [4.78, 5) is 0. The monoisotopic (exact) mass is 316 g/mol. The molecule has 0 nitrogen and oxygen atoms in total. The molecule has 1 saturated carbocycles. The number of allylic oxidation sites excluding steroid dienone is 5. The quantitative estimate of drug-likeness (QED) is 0.360. The molecule has 1 aliphatic rings. The Morgan fingerprint density at radius 1 is 0.957 bits per heavy atom. The molecule has 1 rings (SSSR count). The lowest BCUT2D eigenvalue weighted by atomic mass is 9.69. The predicted octanol–water partition coefficient (Wildman–Crippen LogP) is 7.87. The Labute approximate surface area is 146 Å². The highest BCUT2D eigenvalue weighted by molar-refractivity contribution is 5.06. The van der Waals surface area contributed by atoms with Crippen molar-refractivity contribution in [2.24, 2.45) is 16.7 Å². The second-order valence-electron chi connectivity index (χ2n) is 9.11. The van der Waals surface area contributed by atoms with Crippen LogP contribution in [0.5, 0.6) is 0 Å². The van der Waals surface area contributed by atoms with Gasteiger partial charge >= 0.3 is 0 Å². The van der Waals surface area contributed by atoms with E-state index >= 15 is 0 Å². The van der Waals surface area contributed by atoms with Crippen LogP contribution in [-0.2, 0) is 0 Å². The lowest BCUT2D eigenvalue weighted by Crippen LogP contribution is -2.24. The van der Waals surface area contributed by atoms with Crippen molar-refractivity contribution < 1.29 is 0 Å². The first-order valence-electron chi connectivity index (χ1n) is 9.73. The molecule has 1 fully saturated rings. The van der Waals surface area contributed by atoms with Crippen molar-refractivity contribution in [3.8, 4) is 0 Å². The van der Waals surface area contributed by atoms with Crippen LogP contribution in [0.3, 0.4) is 0 Å². The maximum atomic E-state index is 4.43. The van der Waals surface area contributed by atoms with Crippen molar-refractivity contribution in [3.63, 3.8) is 0 Å². The molecule has 0 aromatic heterocycles. The number of hydrogen-bond donors (Lipinski definition) is 0. The third-order valence-electron chi connectivity index (χ3n) is 5.11. The molecule has 0 aliphatic heterocycles. The van der Waals surface area contributed by atoms with E-state index in [1.807, 2.05) is 0 Å². The summed E-state index contributed by atoms with van der Waals surface area (Å²) in [7, 11) is 0. The first kappa shape index (κ1) is 20.3. The Kier molecular flexibility index (Phi) is 8.37. The van der Waals surface area contributed by atoms with Crippen LogP contribution in [0, 0.1) is 16.7 Å². The molecule has 0 saturated heterocycles. The molecule has 0 N–H and O–H groups in total. The van der Waals surface area contributed by atoms with Crippen LogP contribution in [0.4, 0.5) is 0 Å². The van der Waals surface area contributed by atoms with Crippen LogP contribution in [0.15, 0.2) is 36.5 Å². The summed E-state index contributed by atoms with van der Waals surface area (Å²) >= 11 is 0. The summed E-state index contributed by atoms with van der Waals surface area (Å²) in [6.07, 6.45) is 20.6. The molecule has 0 bridgehead atoms. The van der Waals surface area contributed by atoms with Gasteiger partial charge in [0.05, 0.1) is 0 Å². The van der Waals surface area contributed by atoms with Gasteiger partial charge in [-0.1, -0.05) is 83.9 Å². The summed E-state index contributed by atoms with van der Waals surface area (Å²) in [5.41, 5.74) is 2.24. The molecule has 0 radical (unpaired) electrons.